The highest BCUT2D eigenvalue weighted by Gasteiger charge is 2.27. The molecule has 34 heavy (non-hydrogen) atoms. The summed E-state index contributed by atoms with van der Waals surface area (Å²) in [5.74, 6) is 1.30. The standard InChI is InChI=1S/C25H26N4O5/c1-6-19(24(30)26-18-13-14(2)7-12-20(18)33-5)29-25(31)23-21(15(3)34-28-23)22(27-29)16-8-10-17(32-4)11-9-16/h7-13,19H,6H2,1-5H3,(H,26,30)/t19-/m0/s1. The van der Waals surface area contributed by atoms with Crippen molar-refractivity contribution in [1.82, 2.24) is 14.9 Å². The molecule has 0 aliphatic heterocycles. The summed E-state index contributed by atoms with van der Waals surface area (Å²) in [7, 11) is 3.12. The van der Waals surface area contributed by atoms with E-state index >= 15 is 0 Å². The molecule has 0 aliphatic rings. The van der Waals surface area contributed by atoms with Gasteiger partial charge in [-0.05, 0) is 62.2 Å². The van der Waals surface area contributed by atoms with Gasteiger partial charge in [-0.3, -0.25) is 9.59 Å². The van der Waals surface area contributed by atoms with Gasteiger partial charge in [0.25, 0.3) is 5.56 Å². The minimum absolute atomic E-state index is 0.123. The Bertz CT molecular complexity index is 1410. The maximum absolute atomic E-state index is 13.3. The van der Waals surface area contributed by atoms with Crippen LogP contribution in [0.25, 0.3) is 22.2 Å². The summed E-state index contributed by atoms with van der Waals surface area (Å²) in [6, 6.07) is 11.9. The van der Waals surface area contributed by atoms with Crippen LogP contribution in [0.2, 0.25) is 0 Å². The quantitative estimate of drug-likeness (QED) is 0.437. The van der Waals surface area contributed by atoms with Gasteiger partial charge in [-0.1, -0.05) is 18.1 Å². The van der Waals surface area contributed by atoms with E-state index in [4.69, 9.17) is 14.0 Å². The average molecular weight is 463 g/mol. The Morgan fingerprint density at radius 3 is 2.50 bits per heavy atom. The predicted molar refractivity (Wildman–Crippen MR) is 128 cm³/mol. The Morgan fingerprint density at radius 2 is 1.85 bits per heavy atom. The van der Waals surface area contributed by atoms with Gasteiger partial charge in [0.2, 0.25) is 5.91 Å². The molecule has 9 heteroatoms. The Morgan fingerprint density at radius 1 is 1.12 bits per heavy atom. The second-order valence-electron chi connectivity index (χ2n) is 7.91. The van der Waals surface area contributed by atoms with Gasteiger partial charge in [0.05, 0.1) is 25.3 Å². The van der Waals surface area contributed by atoms with Crippen LogP contribution in [0.5, 0.6) is 11.5 Å². The largest absolute Gasteiger partial charge is 0.497 e. The van der Waals surface area contributed by atoms with Crippen molar-refractivity contribution in [2.75, 3.05) is 19.5 Å². The van der Waals surface area contributed by atoms with Crippen LogP contribution < -0.4 is 20.3 Å². The molecular formula is C25H26N4O5. The van der Waals surface area contributed by atoms with Gasteiger partial charge in [0.15, 0.2) is 5.52 Å². The molecule has 2 aromatic carbocycles. The predicted octanol–water partition coefficient (Wildman–Crippen LogP) is 4.28. The van der Waals surface area contributed by atoms with E-state index < -0.39 is 11.6 Å². The van der Waals surface area contributed by atoms with Crippen molar-refractivity contribution in [3.8, 4) is 22.8 Å². The van der Waals surface area contributed by atoms with Gasteiger partial charge in [-0.25, -0.2) is 4.68 Å². The van der Waals surface area contributed by atoms with E-state index in [0.29, 0.717) is 40.4 Å². The molecule has 0 bridgehead atoms. The molecular weight excluding hydrogens is 436 g/mol. The third kappa shape index (κ3) is 4.12. The van der Waals surface area contributed by atoms with E-state index in [1.54, 1.807) is 32.2 Å². The van der Waals surface area contributed by atoms with Crippen LogP contribution in [0, 0.1) is 13.8 Å². The van der Waals surface area contributed by atoms with Crippen molar-refractivity contribution in [1.29, 1.82) is 0 Å². The average Bonchev–Trinajstić information content (AvgIpc) is 3.23. The molecule has 0 unspecified atom stereocenters. The molecule has 4 aromatic rings. The minimum atomic E-state index is -0.879. The van der Waals surface area contributed by atoms with Crippen molar-refractivity contribution in [3.05, 3.63) is 64.1 Å². The summed E-state index contributed by atoms with van der Waals surface area (Å²) in [6.45, 7) is 5.46. The van der Waals surface area contributed by atoms with Crippen LogP contribution in [0.3, 0.4) is 0 Å². The van der Waals surface area contributed by atoms with Crippen LogP contribution >= 0.6 is 0 Å². The summed E-state index contributed by atoms with van der Waals surface area (Å²) in [6.07, 6.45) is 0.331. The van der Waals surface area contributed by atoms with Crippen molar-refractivity contribution in [3.63, 3.8) is 0 Å². The zero-order valence-electron chi connectivity index (χ0n) is 19.7. The number of aromatic nitrogens is 3. The van der Waals surface area contributed by atoms with Crippen LogP contribution in [0.4, 0.5) is 5.69 Å². The van der Waals surface area contributed by atoms with Crippen LogP contribution in [-0.2, 0) is 4.79 Å². The molecule has 2 heterocycles. The molecule has 2 aromatic heterocycles. The van der Waals surface area contributed by atoms with E-state index in [-0.39, 0.29) is 11.4 Å². The lowest BCUT2D eigenvalue weighted by Crippen LogP contribution is -2.35. The monoisotopic (exact) mass is 462 g/mol. The maximum Gasteiger partial charge on any atom is 0.297 e. The number of hydrogen-bond donors (Lipinski definition) is 1. The van der Waals surface area contributed by atoms with E-state index in [1.165, 1.54) is 11.8 Å². The number of rotatable bonds is 7. The van der Waals surface area contributed by atoms with Gasteiger partial charge < -0.3 is 19.3 Å². The number of ether oxygens (including phenoxy) is 2. The molecule has 1 N–H and O–H groups in total. The third-order valence-corrected chi connectivity index (χ3v) is 5.68. The molecule has 176 valence electrons. The van der Waals surface area contributed by atoms with Crippen molar-refractivity contribution < 1.29 is 18.8 Å². The van der Waals surface area contributed by atoms with Gasteiger partial charge in [-0.15, -0.1) is 0 Å². The molecule has 4 rings (SSSR count). The number of nitrogens with one attached hydrogen (secondary N) is 1. The van der Waals surface area contributed by atoms with Crippen LogP contribution in [-0.4, -0.2) is 35.1 Å². The second-order valence-corrected chi connectivity index (χ2v) is 7.91. The summed E-state index contributed by atoms with van der Waals surface area (Å²) in [5.41, 5.74) is 2.34. The number of benzene rings is 2. The summed E-state index contributed by atoms with van der Waals surface area (Å²) in [4.78, 5) is 26.6. The number of carbonyl (C=O) groups excluding carboxylic acids is 1. The fourth-order valence-corrected chi connectivity index (χ4v) is 3.88. The first-order valence-electron chi connectivity index (χ1n) is 10.9. The fraction of sp³-hybridized carbons (Fsp3) is 0.280. The molecule has 0 spiro atoms. The second kappa shape index (κ2) is 9.38. The number of hydrogen-bond acceptors (Lipinski definition) is 7. The smallest absolute Gasteiger partial charge is 0.297 e. The lowest BCUT2D eigenvalue weighted by molar-refractivity contribution is -0.119. The van der Waals surface area contributed by atoms with Crippen molar-refractivity contribution >= 4 is 22.5 Å². The number of methoxy groups -OCH3 is 2. The molecule has 1 amide bonds. The highest BCUT2D eigenvalue weighted by molar-refractivity contribution is 5.96. The topological polar surface area (TPSA) is 108 Å². The summed E-state index contributed by atoms with van der Waals surface area (Å²) in [5, 5.41) is 12.0. The Hall–Kier alpha value is -4.14. The number of fused-ring (bicyclic) bond motifs is 1. The Balaban J connectivity index is 1.82. The van der Waals surface area contributed by atoms with Crippen LogP contribution in [0.15, 0.2) is 51.8 Å². The number of nitrogens with zero attached hydrogens (tertiary/aromatic N) is 3. The number of anilines is 1. The molecule has 9 nitrogen and oxygen atoms in total. The lowest BCUT2D eigenvalue weighted by atomic mass is 10.1. The fourth-order valence-electron chi connectivity index (χ4n) is 3.88. The maximum atomic E-state index is 13.3. The van der Waals surface area contributed by atoms with Gasteiger partial charge in [0.1, 0.15) is 29.0 Å². The third-order valence-electron chi connectivity index (χ3n) is 5.68. The van der Waals surface area contributed by atoms with Gasteiger partial charge in [-0.2, -0.15) is 5.10 Å². The number of carbonyl (C=O) groups is 1. The minimum Gasteiger partial charge on any atom is -0.497 e. The highest BCUT2D eigenvalue weighted by atomic mass is 16.5. The van der Waals surface area contributed by atoms with Crippen molar-refractivity contribution in [2.24, 2.45) is 0 Å². The zero-order chi connectivity index (χ0) is 24.4. The van der Waals surface area contributed by atoms with E-state index in [2.05, 4.69) is 15.6 Å². The first-order chi connectivity index (χ1) is 16.4. The molecule has 0 radical (unpaired) electrons. The van der Waals surface area contributed by atoms with Gasteiger partial charge >= 0.3 is 0 Å². The molecule has 1 atom stereocenters. The zero-order valence-corrected chi connectivity index (χ0v) is 19.7. The van der Waals surface area contributed by atoms with E-state index in [9.17, 15) is 9.59 Å². The summed E-state index contributed by atoms with van der Waals surface area (Å²) < 4.78 is 17.1. The SMILES string of the molecule is CC[C@@H](C(=O)Nc1cc(C)ccc1OC)n1nc(-c2ccc(OC)cc2)c2c(C)onc2c1=O. The van der Waals surface area contributed by atoms with Gasteiger partial charge in [0, 0.05) is 5.56 Å². The normalized spacial score (nSPS) is 11.9. The molecule has 0 fully saturated rings. The molecule has 0 saturated heterocycles. The van der Waals surface area contributed by atoms with E-state index in [0.717, 1.165) is 11.1 Å². The van der Waals surface area contributed by atoms with Crippen molar-refractivity contribution in [2.45, 2.75) is 33.2 Å². The Labute approximate surface area is 196 Å². The molecule has 0 aliphatic carbocycles. The first-order valence-corrected chi connectivity index (χ1v) is 10.9. The summed E-state index contributed by atoms with van der Waals surface area (Å²) >= 11 is 0. The first kappa shape index (κ1) is 23.0. The lowest BCUT2D eigenvalue weighted by Gasteiger charge is -2.19. The van der Waals surface area contributed by atoms with E-state index in [1.807, 2.05) is 38.1 Å². The highest BCUT2D eigenvalue weighted by Crippen LogP contribution is 2.30. The van der Waals surface area contributed by atoms with Crippen LogP contribution in [0.1, 0.15) is 30.7 Å². The molecule has 0 saturated carbocycles. The number of amides is 1. The Kier molecular flexibility index (Phi) is 6.36. The number of aryl methyl sites for hydroxylation is 2.